The molecule has 19 heavy (non-hydrogen) atoms. The van der Waals surface area contributed by atoms with E-state index in [0.717, 1.165) is 5.75 Å². The highest BCUT2D eigenvalue weighted by Crippen LogP contribution is 2.25. The van der Waals surface area contributed by atoms with Crippen molar-refractivity contribution in [3.63, 3.8) is 0 Å². The van der Waals surface area contributed by atoms with Gasteiger partial charge in [0.1, 0.15) is 0 Å². The summed E-state index contributed by atoms with van der Waals surface area (Å²) < 4.78 is 0. The van der Waals surface area contributed by atoms with Crippen LogP contribution in [0.4, 0.5) is 0 Å². The lowest BCUT2D eigenvalue weighted by Crippen LogP contribution is -2.04. The second-order valence-electron chi connectivity index (χ2n) is 5.06. The van der Waals surface area contributed by atoms with Crippen molar-refractivity contribution in [2.75, 3.05) is 0 Å². The Morgan fingerprint density at radius 1 is 1.00 bits per heavy atom. The van der Waals surface area contributed by atoms with Crippen LogP contribution >= 0.6 is 11.8 Å². The topological polar surface area (TPSA) is 26.0 Å². The quantitative estimate of drug-likeness (QED) is 0.821. The van der Waals surface area contributed by atoms with Gasteiger partial charge in [0.25, 0.3) is 0 Å². The molecule has 0 saturated heterocycles. The number of hydrogen-bond donors (Lipinski definition) is 1. The van der Waals surface area contributed by atoms with Crippen LogP contribution in [0.2, 0.25) is 0 Å². The van der Waals surface area contributed by atoms with Crippen molar-refractivity contribution >= 4 is 11.8 Å². The fourth-order valence-corrected chi connectivity index (χ4v) is 2.77. The third kappa shape index (κ3) is 3.85. The summed E-state index contributed by atoms with van der Waals surface area (Å²) in [6.07, 6.45) is 0. The molecule has 2 aromatic rings. The standard InChI is InChI=1S/C17H21NS/c1-12-4-5-15(10-13(12)2)11-19-17-8-6-16(7-9-17)14(3)18/h4-10,14H,11,18H2,1-3H3. The first-order chi connectivity index (χ1) is 9.06. The first-order valence-corrected chi connectivity index (χ1v) is 7.59. The zero-order valence-electron chi connectivity index (χ0n) is 11.8. The Balaban J connectivity index is 2.00. The largest absolute Gasteiger partial charge is 0.324 e. The minimum Gasteiger partial charge on any atom is -0.324 e. The van der Waals surface area contributed by atoms with Gasteiger partial charge in [-0.3, -0.25) is 0 Å². The van der Waals surface area contributed by atoms with Crippen LogP contribution in [0, 0.1) is 13.8 Å². The monoisotopic (exact) mass is 271 g/mol. The van der Waals surface area contributed by atoms with E-state index in [2.05, 4.69) is 56.3 Å². The number of nitrogens with two attached hydrogens (primary N) is 1. The number of hydrogen-bond acceptors (Lipinski definition) is 2. The van der Waals surface area contributed by atoms with E-state index < -0.39 is 0 Å². The highest BCUT2D eigenvalue weighted by molar-refractivity contribution is 7.98. The van der Waals surface area contributed by atoms with E-state index in [9.17, 15) is 0 Å². The van der Waals surface area contributed by atoms with Crippen molar-refractivity contribution in [2.24, 2.45) is 5.73 Å². The smallest absolute Gasteiger partial charge is 0.0266 e. The molecule has 100 valence electrons. The number of aryl methyl sites for hydroxylation is 2. The normalized spacial score (nSPS) is 12.4. The Morgan fingerprint density at radius 2 is 1.68 bits per heavy atom. The molecule has 1 nitrogen and oxygen atoms in total. The van der Waals surface area contributed by atoms with E-state index in [1.54, 1.807) is 0 Å². The average Bonchev–Trinajstić information content (AvgIpc) is 2.40. The Bertz CT molecular complexity index is 544. The molecule has 0 aliphatic carbocycles. The van der Waals surface area contributed by atoms with Gasteiger partial charge in [0.2, 0.25) is 0 Å². The van der Waals surface area contributed by atoms with Crippen LogP contribution in [0.5, 0.6) is 0 Å². The van der Waals surface area contributed by atoms with Crippen LogP contribution < -0.4 is 5.73 Å². The first-order valence-electron chi connectivity index (χ1n) is 6.61. The van der Waals surface area contributed by atoms with Crippen LogP contribution in [-0.2, 0) is 5.75 Å². The van der Waals surface area contributed by atoms with Crippen LogP contribution in [0.25, 0.3) is 0 Å². The van der Waals surface area contributed by atoms with E-state index in [1.807, 2.05) is 18.7 Å². The van der Waals surface area contributed by atoms with Gasteiger partial charge in [-0.25, -0.2) is 0 Å². The molecule has 2 rings (SSSR count). The van der Waals surface area contributed by atoms with Crippen molar-refractivity contribution in [1.82, 2.24) is 0 Å². The second kappa shape index (κ2) is 6.27. The van der Waals surface area contributed by atoms with E-state index in [4.69, 9.17) is 5.73 Å². The maximum atomic E-state index is 5.85. The fraction of sp³-hybridized carbons (Fsp3) is 0.294. The van der Waals surface area contributed by atoms with Gasteiger partial charge in [-0.1, -0.05) is 30.3 Å². The SMILES string of the molecule is Cc1ccc(CSc2ccc(C(C)N)cc2)cc1C. The van der Waals surface area contributed by atoms with Gasteiger partial charge in [0.05, 0.1) is 0 Å². The van der Waals surface area contributed by atoms with Crippen molar-refractivity contribution in [3.05, 3.63) is 64.7 Å². The average molecular weight is 271 g/mol. The third-order valence-electron chi connectivity index (χ3n) is 3.38. The molecular formula is C17H21NS. The molecule has 1 atom stereocenters. The Kier molecular flexibility index (Phi) is 4.67. The summed E-state index contributed by atoms with van der Waals surface area (Å²) in [4.78, 5) is 1.29. The lowest BCUT2D eigenvalue weighted by atomic mass is 10.1. The molecular weight excluding hydrogens is 250 g/mol. The minimum atomic E-state index is 0.110. The molecule has 0 amide bonds. The number of rotatable bonds is 4. The molecule has 0 aromatic heterocycles. The van der Waals surface area contributed by atoms with Gasteiger partial charge in [-0.05, 0) is 55.2 Å². The van der Waals surface area contributed by atoms with Gasteiger partial charge >= 0.3 is 0 Å². The van der Waals surface area contributed by atoms with Crippen LogP contribution in [0.3, 0.4) is 0 Å². The summed E-state index contributed by atoms with van der Waals surface area (Å²) >= 11 is 1.87. The Morgan fingerprint density at radius 3 is 2.26 bits per heavy atom. The molecule has 2 heteroatoms. The van der Waals surface area contributed by atoms with Crippen molar-refractivity contribution in [3.8, 4) is 0 Å². The second-order valence-corrected chi connectivity index (χ2v) is 6.11. The van der Waals surface area contributed by atoms with Gasteiger partial charge in [0.15, 0.2) is 0 Å². The lowest BCUT2D eigenvalue weighted by Gasteiger charge is -2.08. The maximum Gasteiger partial charge on any atom is 0.0266 e. The molecule has 0 radical (unpaired) electrons. The molecule has 0 aliphatic heterocycles. The summed E-state index contributed by atoms with van der Waals surface area (Å²) in [6.45, 7) is 6.33. The summed E-state index contributed by atoms with van der Waals surface area (Å²) in [5.41, 5.74) is 11.1. The van der Waals surface area contributed by atoms with E-state index in [-0.39, 0.29) is 6.04 Å². The zero-order valence-corrected chi connectivity index (χ0v) is 12.6. The molecule has 1 unspecified atom stereocenters. The number of benzene rings is 2. The first kappa shape index (κ1) is 14.2. The molecule has 0 heterocycles. The van der Waals surface area contributed by atoms with Gasteiger partial charge in [0, 0.05) is 16.7 Å². The van der Waals surface area contributed by atoms with E-state index in [1.165, 1.54) is 27.1 Å². The Hall–Kier alpha value is -1.25. The molecule has 0 aliphatic rings. The van der Waals surface area contributed by atoms with Crippen molar-refractivity contribution in [2.45, 2.75) is 37.5 Å². The molecule has 0 bridgehead atoms. The molecule has 2 N–H and O–H groups in total. The van der Waals surface area contributed by atoms with Gasteiger partial charge in [-0.15, -0.1) is 11.8 Å². The summed E-state index contributed by atoms with van der Waals surface area (Å²) in [5, 5.41) is 0. The summed E-state index contributed by atoms with van der Waals surface area (Å²) in [7, 11) is 0. The molecule has 0 fully saturated rings. The molecule has 0 spiro atoms. The van der Waals surface area contributed by atoms with Crippen molar-refractivity contribution < 1.29 is 0 Å². The highest BCUT2D eigenvalue weighted by Gasteiger charge is 2.01. The summed E-state index contributed by atoms with van der Waals surface area (Å²) in [5.74, 6) is 1.01. The van der Waals surface area contributed by atoms with Crippen LogP contribution in [0.1, 0.15) is 35.2 Å². The van der Waals surface area contributed by atoms with Gasteiger partial charge < -0.3 is 5.73 Å². The van der Waals surface area contributed by atoms with E-state index in [0.29, 0.717) is 0 Å². The predicted molar refractivity (Wildman–Crippen MR) is 84.5 cm³/mol. The zero-order chi connectivity index (χ0) is 13.8. The van der Waals surface area contributed by atoms with Crippen molar-refractivity contribution in [1.29, 1.82) is 0 Å². The lowest BCUT2D eigenvalue weighted by molar-refractivity contribution is 0.817. The maximum absolute atomic E-state index is 5.85. The van der Waals surface area contributed by atoms with E-state index >= 15 is 0 Å². The summed E-state index contributed by atoms with van der Waals surface area (Å²) in [6, 6.07) is 15.4. The van der Waals surface area contributed by atoms with Gasteiger partial charge in [-0.2, -0.15) is 0 Å². The third-order valence-corrected chi connectivity index (χ3v) is 4.47. The molecule has 2 aromatic carbocycles. The number of thioether (sulfide) groups is 1. The predicted octanol–water partition coefficient (Wildman–Crippen LogP) is 4.62. The molecule has 0 saturated carbocycles. The highest BCUT2D eigenvalue weighted by atomic mass is 32.2. The van der Waals surface area contributed by atoms with Crippen LogP contribution in [-0.4, -0.2) is 0 Å². The fourth-order valence-electron chi connectivity index (χ4n) is 1.93. The minimum absolute atomic E-state index is 0.110. The van der Waals surface area contributed by atoms with Crippen LogP contribution in [0.15, 0.2) is 47.4 Å². The Labute approximate surface area is 120 Å².